The summed E-state index contributed by atoms with van der Waals surface area (Å²) in [7, 11) is 0. The second-order valence-electron chi connectivity index (χ2n) is 16.1. The zero-order valence-electron chi connectivity index (χ0n) is 33.1. The maximum atomic E-state index is 2.41. The van der Waals surface area contributed by atoms with Crippen LogP contribution in [0.15, 0.2) is 212 Å². The van der Waals surface area contributed by atoms with Gasteiger partial charge < -0.3 is 4.90 Å². The third kappa shape index (κ3) is 6.07. The molecule has 2 heteroatoms. The van der Waals surface area contributed by atoms with Gasteiger partial charge in [-0.3, -0.25) is 0 Å². The van der Waals surface area contributed by atoms with Crippen LogP contribution < -0.4 is 4.90 Å². The Morgan fingerprint density at radius 3 is 1.56 bits per heavy atom. The average Bonchev–Trinajstić information content (AvgIpc) is 3.79. The number of fused-ring (bicyclic) bond motifs is 6. The molecule has 1 aromatic heterocycles. The Balaban J connectivity index is 1.04. The molecule has 11 rings (SSSR count). The van der Waals surface area contributed by atoms with Crippen molar-refractivity contribution in [2.24, 2.45) is 0 Å². The Labute approximate surface area is 350 Å². The van der Waals surface area contributed by atoms with Gasteiger partial charge in [-0.05, 0) is 121 Å². The van der Waals surface area contributed by atoms with Crippen molar-refractivity contribution in [3.05, 3.63) is 223 Å². The Kier molecular flexibility index (Phi) is 8.43. The molecule has 0 spiro atoms. The molecule has 0 atom stereocenters. The quantitative estimate of drug-likeness (QED) is 0.156. The highest BCUT2D eigenvalue weighted by molar-refractivity contribution is 7.26. The molecule has 280 valence electrons. The summed E-state index contributed by atoms with van der Waals surface area (Å²) >= 11 is 1.88. The molecule has 59 heavy (non-hydrogen) atoms. The SMILES string of the molecule is CC1(C)c2ccccc2-c2cc(-c3ccc(N(c4ccc(-c5cccc6c5sc5ccccc56)cc4)c4cc(-c5ccccc5)cc(-c5ccccc5)c4)cc3)ccc21. The molecule has 1 aliphatic rings. The molecule has 1 nitrogen and oxygen atoms in total. The monoisotopic (exact) mass is 771 g/mol. The van der Waals surface area contributed by atoms with Crippen molar-refractivity contribution in [2.75, 3.05) is 4.90 Å². The lowest BCUT2D eigenvalue weighted by molar-refractivity contribution is 0.660. The summed E-state index contributed by atoms with van der Waals surface area (Å²) < 4.78 is 2.65. The summed E-state index contributed by atoms with van der Waals surface area (Å²) in [6, 6.07) is 78.1. The predicted octanol–water partition coefficient (Wildman–Crippen LogP) is 16.5. The molecule has 1 heterocycles. The first-order chi connectivity index (χ1) is 29.0. The highest BCUT2D eigenvalue weighted by Crippen LogP contribution is 2.50. The second-order valence-corrected chi connectivity index (χ2v) is 17.2. The van der Waals surface area contributed by atoms with E-state index in [1.54, 1.807) is 0 Å². The Bertz CT molecular complexity index is 3100. The molecule has 0 bridgehead atoms. The molecule has 10 aromatic rings. The van der Waals surface area contributed by atoms with Gasteiger partial charge in [-0.2, -0.15) is 0 Å². The molecule has 0 amide bonds. The molecule has 0 unspecified atom stereocenters. The Morgan fingerprint density at radius 2 is 0.864 bits per heavy atom. The van der Waals surface area contributed by atoms with E-state index in [9.17, 15) is 0 Å². The molecule has 0 saturated carbocycles. The van der Waals surface area contributed by atoms with Crippen LogP contribution in [0.5, 0.6) is 0 Å². The maximum Gasteiger partial charge on any atom is 0.0473 e. The molecular weight excluding hydrogens is 731 g/mol. The number of nitrogens with zero attached hydrogens (tertiary/aromatic N) is 1. The van der Waals surface area contributed by atoms with Gasteiger partial charge in [0.2, 0.25) is 0 Å². The fourth-order valence-electron chi connectivity index (χ4n) is 9.25. The fourth-order valence-corrected chi connectivity index (χ4v) is 10.5. The van der Waals surface area contributed by atoms with Gasteiger partial charge >= 0.3 is 0 Å². The van der Waals surface area contributed by atoms with Crippen LogP contribution in [0.25, 0.3) is 75.8 Å². The fraction of sp³-hybridized carbons (Fsp3) is 0.0526. The van der Waals surface area contributed by atoms with Crippen LogP contribution in [-0.2, 0) is 5.41 Å². The van der Waals surface area contributed by atoms with Crippen molar-refractivity contribution < 1.29 is 0 Å². The van der Waals surface area contributed by atoms with Crippen molar-refractivity contribution in [3.63, 3.8) is 0 Å². The smallest absolute Gasteiger partial charge is 0.0473 e. The number of hydrogen-bond acceptors (Lipinski definition) is 2. The van der Waals surface area contributed by atoms with E-state index >= 15 is 0 Å². The van der Waals surface area contributed by atoms with Crippen molar-refractivity contribution >= 4 is 48.6 Å². The minimum Gasteiger partial charge on any atom is -0.310 e. The number of thiophene rings is 1. The molecule has 0 N–H and O–H groups in total. The van der Waals surface area contributed by atoms with Crippen molar-refractivity contribution in [1.82, 2.24) is 0 Å². The third-order valence-corrected chi connectivity index (χ3v) is 13.5. The van der Waals surface area contributed by atoms with Crippen molar-refractivity contribution in [2.45, 2.75) is 19.3 Å². The van der Waals surface area contributed by atoms with Crippen molar-refractivity contribution in [3.8, 4) is 55.6 Å². The first-order valence-corrected chi connectivity index (χ1v) is 21.2. The first-order valence-electron chi connectivity index (χ1n) is 20.4. The lowest BCUT2D eigenvalue weighted by atomic mass is 9.82. The van der Waals surface area contributed by atoms with E-state index < -0.39 is 0 Å². The lowest BCUT2D eigenvalue weighted by Crippen LogP contribution is -2.14. The third-order valence-electron chi connectivity index (χ3n) is 12.3. The molecule has 0 radical (unpaired) electrons. The van der Waals surface area contributed by atoms with Gasteiger partial charge in [0.25, 0.3) is 0 Å². The van der Waals surface area contributed by atoms with E-state index in [-0.39, 0.29) is 5.41 Å². The summed E-state index contributed by atoms with van der Waals surface area (Å²) in [5.41, 5.74) is 18.4. The lowest BCUT2D eigenvalue weighted by Gasteiger charge is -2.27. The number of hydrogen-bond donors (Lipinski definition) is 0. The highest BCUT2D eigenvalue weighted by atomic mass is 32.1. The van der Waals surface area contributed by atoms with Gasteiger partial charge in [0.05, 0.1) is 0 Å². The number of rotatable bonds is 7. The standard InChI is InChI=1S/C57H41NS/c1-57(2)53-22-11-9-18-49(53)52-37-42(28-33-54(52)57)40-24-29-45(30-25-40)58(47-35-43(38-14-5-3-6-15-38)34-44(36-47)39-16-7-4-8-17-39)46-31-26-41(27-32-46)48-20-13-21-51-50-19-10-12-23-55(50)59-56(48)51/h3-37H,1-2H3. The summed E-state index contributed by atoms with van der Waals surface area (Å²) in [5.74, 6) is 0. The van der Waals surface area contributed by atoms with Gasteiger partial charge in [0, 0.05) is 42.6 Å². The maximum absolute atomic E-state index is 2.41. The van der Waals surface area contributed by atoms with Crippen LogP contribution >= 0.6 is 11.3 Å². The van der Waals surface area contributed by atoms with E-state index in [4.69, 9.17) is 0 Å². The molecular formula is C57H41NS. The topological polar surface area (TPSA) is 3.24 Å². The van der Waals surface area contributed by atoms with Crippen LogP contribution in [0.4, 0.5) is 17.1 Å². The van der Waals surface area contributed by atoms with Crippen LogP contribution in [-0.4, -0.2) is 0 Å². The van der Waals surface area contributed by atoms with E-state index in [0.29, 0.717) is 0 Å². The zero-order chi connectivity index (χ0) is 39.5. The molecule has 0 fully saturated rings. The second kappa shape index (κ2) is 14.1. The van der Waals surface area contributed by atoms with Crippen LogP contribution in [0.1, 0.15) is 25.0 Å². The zero-order valence-corrected chi connectivity index (χ0v) is 33.9. The van der Waals surface area contributed by atoms with Crippen LogP contribution in [0, 0.1) is 0 Å². The predicted molar refractivity (Wildman–Crippen MR) is 253 cm³/mol. The molecule has 0 aliphatic heterocycles. The molecule has 0 saturated heterocycles. The van der Waals surface area contributed by atoms with Gasteiger partial charge in [0.1, 0.15) is 0 Å². The number of benzene rings is 9. The Hall–Kier alpha value is -7.00. The first kappa shape index (κ1) is 35.2. The van der Waals surface area contributed by atoms with E-state index in [2.05, 4.69) is 231 Å². The van der Waals surface area contributed by atoms with Crippen molar-refractivity contribution in [1.29, 1.82) is 0 Å². The molecule has 1 aliphatic carbocycles. The van der Waals surface area contributed by atoms with Gasteiger partial charge in [0.15, 0.2) is 0 Å². The van der Waals surface area contributed by atoms with E-state index in [1.807, 2.05) is 11.3 Å². The average molecular weight is 772 g/mol. The normalized spacial score (nSPS) is 12.7. The molecule has 9 aromatic carbocycles. The van der Waals surface area contributed by atoms with E-state index in [1.165, 1.54) is 86.9 Å². The van der Waals surface area contributed by atoms with Gasteiger partial charge in [-0.15, -0.1) is 11.3 Å². The largest absolute Gasteiger partial charge is 0.310 e. The summed E-state index contributed by atoms with van der Waals surface area (Å²) in [4.78, 5) is 2.41. The van der Waals surface area contributed by atoms with Crippen LogP contribution in [0.3, 0.4) is 0 Å². The summed E-state index contributed by atoms with van der Waals surface area (Å²) in [6.45, 7) is 4.68. The summed E-state index contributed by atoms with van der Waals surface area (Å²) in [5, 5.41) is 2.64. The van der Waals surface area contributed by atoms with Crippen LogP contribution in [0.2, 0.25) is 0 Å². The number of anilines is 3. The minimum absolute atomic E-state index is 0.0123. The van der Waals surface area contributed by atoms with Gasteiger partial charge in [-0.1, -0.05) is 172 Å². The van der Waals surface area contributed by atoms with Gasteiger partial charge in [-0.25, -0.2) is 0 Å². The summed E-state index contributed by atoms with van der Waals surface area (Å²) in [6.07, 6.45) is 0. The minimum atomic E-state index is -0.0123. The highest BCUT2D eigenvalue weighted by Gasteiger charge is 2.35. The Morgan fingerprint density at radius 1 is 0.339 bits per heavy atom. The van der Waals surface area contributed by atoms with E-state index in [0.717, 1.165) is 17.1 Å².